The number of para-hydroxylation sites is 1. The van der Waals surface area contributed by atoms with Crippen molar-refractivity contribution in [1.29, 1.82) is 0 Å². The van der Waals surface area contributed by atoms with Gasteiger partial charge in [-0.1, -0.05) is 39.0 Å². The monoisotopic (exact) mass is 490 g/mol. The summed E-state index contributed by atoms with van der Waals surface area (Å²) in [6.45, 7) is 5.56. The van der Waals surface area contributed by atoms with Gasteiger partial charge in [-0.3, -0.25) is 9.69 Å². The van der Waals surface area contributed by atoms with Crippen molar-refractivity contribution in [2.24, 2.45) is 0 Å². The number of aliphatic hydroxyl groups excluding tert-OH is 1. The molecule has 2 aromatic carbocycles. The zero-order valence-corrected chi connectivity index (χ0v) is 20.0. The molecule has 1 spiro atoms. The highest BCUT2D eigenvalue weighted by molar-refractivity contribution is 7.91. The first-order valence-corrected chi connectivity index (χ1v) is 12.6. The van der Waals surface area contributed by atoms with Crippen LogP contribution in [0.4, 0.5) is 9.18 Å². The van der Waals surface area contributed by atoms with Gasteiger partial charge in [0, 0.05) is 5.56 Å². The number of carbonyl (C=O) groups excluding carboxylic acids is 2. The predicted octanol–water partition coefficient (Wildman–Crippen LogP) is 2.49. The third kappa shape index (κ3) is 4.16. The number of hydrogen-bond donors (Lipinski definition) is 2. The lowest BCUT2D eigenvalue weighted by atomic mass is 9.86. The number of carbonyl (C=O) groups is 2. The topological polar surface area (TPSA) is 113 Å². The van der Waals surface area contributed by atoms with Crippen LogP contribution in [0, 0.1) is 5.82 Å². The Morgan fingerprint density at radius 1 is 1.21 bits per heavy atom. The highest BCUT2D eigenvalue weighted by Gasteiger charge is 2.56. The SMILES string of the molecule is CC(C)(C)c1ccccc1OCC(O)CN1C(=O)NC2(CCS(=O)(=O)c3ccc(F)cc32)C1=O. The molecule has 2 aliphatic heterocycles. The zero-order chi connectivity index (χ0) is 24.9. The van der Waals surface area contributed by atoms with E-state index in [1.165, 1.54) is 0 Å². The van der Waals surface area contributed by atoms with Gasteiger partial charge in [0.05, 0.1) is 17.2 Å². The Kier molecular flexibility index (Phi) is 5.93. The Morgan fingerprint density at radius 3 is 2.62 bits per heavy atom. The fourth-order valence-corrected chi connectivity index (χ4v) is 6.08. The summed E-state index contributed by atoms with van der Waals surface area (Å²) in [5, 5.41) is 13.1. The molecule has 0 bridgehead atoms. The molecule has 4 rings (SSSR count). The Bertz CT molecular complexity index is 1260. The van der Waals surface area contributed by atoms with Crippen LogP contribution in [0.5, 0.6) is 5.75 Å². The van der Waals surface area contributed by atoms with E-state index in [4.69, 9.17) is 4.74 Å². The number of aliphatic hydroxyl groups is 1. The molecule has 0 aliphatic carbocycles. The van der Waals surface area contributed by atoms with Crippen molar-refractivity contribution in [2.75, 3.05) is 18.9 Å². The summed E-state index contributed by atoms with van der Waals surface area (Å²) in [7, 11) is -3.72. The number of benzene rings is 2. The van der Waals surface area contributed by atoms with Gasteiger partial charge in [0.15, 0.2) is 9.84 Å². The summed E-state index contributed by atoms with van der Waals surface area (Å²) >= 11 is 0. The van der Waals surface area contributed by atoms with Gasteiger partial charge >= 0.3 is 6.03 Å². The predicted molar refractivity (Wildman–Crippen MR) is 122 cm³/mol. The first-order valence-electron chi connectivity index (χ1n) is 10.9. The summed E-state index contributed by atoms with van der Waals surface area (Å²) in [6, 6.07) is 9.71. The van der Waals surface area contributed by atoms with Gasteiger partial charge < -0.3 is 15.2 Å². The van der Waals surface area contributed by atoms with E-state index in [-0.39, 0.29) is 41.2 Å². The number of imide groups is 1. The van der Waals surface area contributed by atoms with E-state index in [1.807, 2.05) is 39.0 Å². The fraction of sp³-hybridized carbons (Fsp3) is 0.417. The average molecular weight is 491 g/mol. The van der Waals surface area contributed by atoms with E-state index in [2.05, 4.69) is 5.32 Å². The maximum Gasteiger partial charge on any atom is 0.325 e. The van der Waals surface area contributed by atoms with Gasteiger partial charge in [0.1, 0.15) is 29.8 Å². The molecule has 2 heterocycles. The molecular formula is C24H27FN2O6S. The summed E-state index contributed by atoms with van der Waals surface area (Å²) in [5.74, 6) is -1.24. The summed E-state index contributed by atoms with van der Waals surface area (Å²) in [6.07, 6.45) is -1.42. The highest BCUT2D eigenvalue weighted by atomic mass is 32.2. The van der Waals surface area contributed by atoms with E-state index in [1.54, 1.807) is 6.07 Å². The molecule has 1 fully saturated rings. The lowest BCUT2D eigenvalue weighted by molar-refractivity contribution is -0.133. The molecule has 34 heavy (non-hydrogen) atoms. The van der Waals surface area contributed by atoms with E-state index in [0.29, 0.717) is 5.75 Å². The van der Waals surface area contributed by atoms with Crippen LogP contribution in [0.1, 0.15) is 38.3 Å². The molecule has 2 aromatic rings. The molecule has 0 radical (unpaired) electrons. The van der Waals surface area contributed by atoms with E-state index in [9.17, 15) is 27.5 Å². The molecule has 2 N–H and O–H groups in total. The van der Waals surface area contributed by atoms with Crippen LogP contribution >= 0.6 is 0 Å². The van der Waals surface area contributed by atoms with Gasteiger partial charge in [-0.2, -0.15) is 0 Å². The number of nitrogens with zero attached hydrogens (tertiary/aromatic N) is 1. The van der Waals surface area contributed by atoms with Crippen LogP contribution in [-0.2, 0) is 25.6 Å². The molecule has 8 nitrogen and oxygen atoms in total. The highest BCUT2D eigenvalue weighted by Crippen LogP contribution is 2.41. The van der Waals surface area contributed by atoms with Crippen LogP contribution in [0.3, 0.4) is 0 Å². The lowest BCUT2D eigenvalue weighted by Crippen LogP contribution is -2.49. The fourth-order valence-electron chi connectivity index (χ4n) is 4.44. The molecule has 3 amide bonds. The molecule has 0 aromatic heterocycles. The van der Waals surface area contributed by atoms with Crippen molar-refractivity contribution >= 4 is 21.8 Å². The quantitative estimate of drug-likeness (QED) is 0.492. The smallest absolute Gasteiger partial charge is 0.325 e. The van der Waals surface area contributed by atoms with Gasteiger partial charge in [-0.05, 0) is 41.7 Å². The molecule has 0 saturated carbocycles. The number of fused-ring (bicyclic) bond motifs is 2. The lowest BCUT2D eigenvalue weighted by Gasteiger charge is -2.33. The van der Waals surface area contributed by atoms with Crippen molar-refractivity contribution in [1.82, 2.24) is 10.2 Å². The van der Waals surface area contributed by atoms with Gasteiger partial charge in [-0.15, -0.1) is 0 Å². The van der Waals surface area contributed by atoms with Crippen LogP contribution in [0.2, 0.25) is 0 Å². The van der Waals surface area contributed by atoms with Gasteiger partial charge in [0.25, 0.3) is 5.91 Å². The minimum atomic E-state index is -3.72. The number of rotatable bonds is 5. The van der Waals surface area contributed by atoms with Crippen LogP contribution in [-0.4, -0.2) is 55.4 Å². The third-order valence-electron chi connectivity index (χ3n) is 6.18. The Labute approximate surface area is 197 Å². The van der Waals surface area contributed by atoms with Crippen LogP contribution < -0.4 is 10.1 Å². The number of ether oxygens (including phenoxy) is 1. The molecular weight excluding hydrogens is 463 g/mol. The molecule has 2 aliphatic rings. The summed E-state index contributed by atoms with van der Waals surface area (Å²) < 4.78 is 44.7. The average Bonchev–Trinajstić information content (AvgIpc) is 3.00. The van der Waals surface area contributed by atoms with Crippen molar-refractivity contribution < 1.29 is 32.2 Å². The van der Waals surface area contributed by atoms with Crippen LogP contribution in [0.25, 0.3) is 0 Å². The largest absolute Gasteiger partial charge is 0.491 e. The van der Waals surface area contributed by atoms with Crippen molar-refractivity contribution in [2.45, 2.75) is 49.1 Å². The maximum absolute atomic E-state index is 14.0. The molecule has 2 atom stereocenters. The normalized spacial score (nSPS) is 22.4. The Balaban J connectivity index is 1.53. The minimum absolute atomic E-state index is 0.0931. The molecule has 1 saturated heterocycles. The third-order valence-corrected chi connectivity index (χ3v) is 7.95. The number of halogens is 1. The van der Waals surface area contributed by atoms with E-state index in [0.717, 1.165) is 28.7 Å². The molecule has 10 heteroatoms. The summed E-state index contributed by atoms with van der Waals surface area (Å²) in [4.78, 5) is 26.7. The standard InChI is InChI=1S/C24H27FN2O6S/c1-23(2,3)17-6-4-5-7-19(17)33-14-16(28)13-27-21(29)24(26-22(27)30)10-11-34(31,32)20-9-8-15(25)12-18(20)24/h4-9,12,16,28H,10-11,13-14H2,1-3H3,(H,26,30). The number of urea groups is 1. The van der Waals surface area contributed by atoms with E-state index >= 15 is 0 Å². The second-order valence-electron chi connectivity index (χ2n) is 9.67. The zero-order valence-electron chi connectivity index (χ0n) is 19.2. The number of amides is 3. The Hall–Kier alpha value is -2.98. The molecule has 2 unspecified atom stereocenters. The second-order valence-corrected chi connectivity index (χ2v) is 11.7. The number of sulfone groups is 1. The maximum atomic E-state index is 14.0. The van der Waals surface area contributed by atoms with Gasteiger partial charge in [0.2, 0.25) is 0 Å². The van der Waals surface area contributed by atoms with Crippen LogP contribution in [0.15, 0.2) is 47.4 Å². The molecule has 182 valence electrons. The first-order chi connectivity index (χ1) is 15.8. The Morgan fingerprint density at radius 2 is 1.91 bits per heavy atom. The minimum Gasteiger partial charge on any atom is -0.491 e. The van der Waals surface area contributed by atoms with Crippen molar-refractivity contribution in [3.8, 4) is 5.75 Å². The summed E-state index contributed by atoms with van der Waals surface area (Å²) in [5.41, 5.74) is -1.04. The van der Waals surface area contributed by atoms with Gasteiger partial charge in [-0.25, -0.2) is 17.6 Å². The first kappa shape index (κ1) is 24.2. The van der Waals surface area contributed by atoms with Crippen molar-refractivity contribution in [3.05, 3.63) is 59.4 Å². The second kappa shape index (κ2) is 8.35. The van der Waals surface area contributed by atoms with Crippen molar-refractivity contribution in [3.63, 3.8) is 0 Å². The number of hydrogen-bond acceptors (Lipinski definition) is 6. The van der Waals surface area contributed by atoms with E-state index < -0.39 is 39.2 Å². The number of β-amino-alcohol motifs (C(OH)–C–C–N with tert-alkyl or cyclic N) is 1. The number of nitrogens with one attached hydrogen (secondary N) is 1.